The van der Waals surface area contributed by atoms with Crippen LogP contribution in [0.5, 0.6) is 0 Å². The molecular weight excluding hydrogens is 230 g/mol. The van der Waals surface area contributed by atoms with Gasteiger partial charge < -0.3 is 9.30 Å². The molecule has 6 heteroatoms. The topological polar surface area (TPSA) is 57.0 Å². The van der Waals surface area contributed by atoms with Crippen LogP contribution < -0.4 is 0 Å². The first-order valence-corrected chi connectivity index (χ1v) is 5.17. The van der Waals surface area contributed by atoms with Gasteiger partial charge in [-0.05, 0) is 12.1 Å². The van der Waals surface area contributed by atoms with E-state index >= 15 is 0 Å². The van der Waals surface area contributed by atoms with Gasteiger partial charge in [0.15, 0.2) is 11.3 Å². The molecule has 2 rings (SSSR count). The summed E-state index contributed by atoms with van der Waals surface area (Å²) in [5.41, 5.74) is 1.60. The van der Waals surface area contributed by atoms with Crippen LogP contribution in [0, 0.1) is 0 Å². The minimum absolute atomic E-state index is 0.263. The summed E-state index contributed by atoms with van der Waals surface area (Å²) >= 11 is 5.73. The molecule has 84 valence electrons. The van der Waals surface area contributed by atoms with Gasteiger partial charge in [-0.1, -0.05) is 0 Å². The zero-order chi connectivity index (χ0) is 11.7. The molecule has 2 heterocycles. The SMILES string of the molecule is COC(=O)c1ccc2nc(CCl)n(C)c2n1. The van der Waals surface area contributed by atoms with Crippen LogP contribution in [0.15, 0.2) is 12.1 Å². The molecule has 0 aliphatic rings. The lowest BCUT2D eigenvalue weighted by molar-refractivity contribution is 0.0594. The normalized spacial score (nSPS) is 10.7. The largest absolute Gasteiger partial charge is 0.464 e. The lowest BCUT2D eigenvalue weighted by atomic mass is 10.3. The van der Waals surface area contributed by atoms with E-state index in [1.165, 1.54) is 7.11 Å². The minimum atomic E-state index is -0.462. The Balaban J connectivity index is 2.61. The zero-order valence-electron chi connectivity index (χ0n) is 8.90. The number of rotatable bonds is 2. The molecule has 0 N–H and O–H groups in total. The molecular formula is C10H10ClN3O2. The fourth-order valence-corrected chi connectivity index (χ4v) is 1.69. The van der Waals surface area contributed by atoms with Crippen molar-refractivity contribution >= 4 is 28.7 Å². The zero-order valence-corrected chi connectivity index (χ0v) is 9.65. The van der Waals surface area contributed by atoms with E-state index in [9.17, 15) is 4.79 Å². The highest BCUT2D eigenvalue weighted by atomic mass is 35.5. The van der Waals surface area contributed by atoms with Crippen molar-refractivity contribution in [3.05, 3.63) is 23.7 Å². The smallest absolute Gasteiger partial charge is 0.356 e. The van der Waals surface area contributed by atoms with Crippen LogP contribution in [0.4, 0.5) is 0 Å². The number of carbonyl (C=O) groups is 1. The highest BCUT2D eigenvalue weighted by Gasteiger charge is 2.12. The third kappa shape index (κ3) is 1.63. The Hall–Kier alpha value is -1.62. The number of fused-ring (bicyclic) bond motifs is 1. The number of pyridine rings is 1. The monoisotopic (exact) mass is 239 g/mol. The van der Waals surface area contributed by atoms with E-state index in [0.717, 1.165) is 0 Å². The van der Waals surface area contributed by atoms with Gasteiger partial charge in [-0.25, -0.2) is 14.8 Å². The molecule has 0 bridgehead atoms. The molecule has 0 atom stereocenters. The van der Waals surface area contributed by atoms with E-state index < -0.39 is 5.97 Å². The number of alkyl halides is 1. The van der Waals surface area contributed by atoms with Gasteiger partial charge >= 0.3 is 5.97 Å². The molecule has 0 amide bonds. The molecule has 0 saturated heterocycles. The highest BCUT2D eigenvalue weighted by Crippen LogP contribution is 2.15. The van der Waals surface area contributed by atoms with Gasteiger partial charge in [-0.2, -0.15) is 0 Å². The highest BCUT2D eigenvalue weighted by molar-refractivity contribution is 6.16. The summed E-state index contributed by atoms with van der Waals surface area (Å²) in [6, 6.07) is 3.31. The van der Waals surface area contributed by atoms with E-state index in [2.05, 4.69) is 14.7 Å². The molecule has 2 aromatic heterocycles. The maximum atomic E-state index is 11.3. The van der Waals surface area contributed by atoms with E-state index in [-0.39, 0.29) is 5.69 Å². The maximum Gasteiger partial charge on any atom is 0.356 e. The summed E-state index contributed by atoms with van der Waals surface area (Å²) < 4.78 is 6.36. The Labute approximate surface area is 97.0 Å². The van der Waals surface area contributed by atoms with E-state index in [0.29, 0.717) is 22.9 Å². The Morgan fingerprint density at radius 1 is 1.50 bits per heavy atom. The first-order chi connectivity index (χ1) is 7.67. The number of ether oxygens (including phenoxy) is 1. The van der Waals surface area contributed by atoms with Crippen LogP contribution >= 0.6 is 11.6 Å². The summed E-state index contributed by atoms with van der Waals surface area (Å²) in [5.74, 6) is 0.558. The fraction of sp³-hybridized carbons (Fsp3) is 0.300. The number of hydrogen-bond donors (Lipinski definition) is 0. The van der Waals surface area contributed by atoms with Gasteiger partial charge in [0.1, 0.15) is 11.3 Å². The average Bonchev–Trinajstić information content (AvgIpc) is 2.64. The van der Waals surface area contributed by atoms with Crippen LogP contribution in [-0.2, 0) is 17.7 Å². The van der Waals surface area contributed by atoms with Crippen LogP contribution in [0.25, 0.3) is 11.2 Å². The molecule has 0 radical (unpaired) electrons. The molecule has 0 aromatic carbocycles. The van der Waals surface area contributed by atoms with E-state index in [1.807, 2.05) is 0 Å². The van der Waals surface area contributed by atoms with Crippen molar-refractivity contribution in [3.8, 4) is 0 Å². The molecule has 0 fully saturated rings. The number of imidazole rings is 1. The van der Waals surface area contributed by atoms with Gasteiger partial charge in [0.2, 0.25) is 0 Å². The number of nitrogens with zero attached hydrogens (tertiary/aromatic N) is 3. The number of aromatic nitrogens is 3. The first-order valence-electron chi connectivity index (χ1n) is 4.64. The summed E-state index contributed by atoms with van der Waals surface area (Å²) in [4.78, 5) is 19.8. The second kappa shape index (κ2) is 4.09. The number of halogens is 1. The molecule has 16 heavy (non-hydrogen) atoms. The molecule has 0 spiro atoms. The van der Waals surface area contributed by atoms with Crippen molar-refractivity contribution in [2.45, 2.75) is 5.88 Å². The number of hydrogen-bond acceptors (Lipinski definition) is 4. The second-order valence-electron chi connectivity index (χ2n) is 3.25. The van der Waals surface area contributed by atoms with Crippen LogP contribution in [-0.4, -0.2) is 27.6 Å². The van der Waals surface area contributed by atoms with Gasteiger partial charge in [0, 0.05) is 7.05 Å². The fourth-order valence-electron chi connectivity index (χ4n) is 1.45. The van der Waals surface area contributed by atoms with Crippen molar-refractivity contribution in [1.82, 2.24) is 14.5 Å². The second-order valence-corrected chi connectivity index (χ2v) is 3.52. The van der Waals surface area contributed by atoms with Crippen LogP contribution in [0.3, 0.4) is 0 Å². The predicted molar refractivity (Wildman–Crippen MR) is 59.4 cm³/mol. The number of carbonyl (C=O) groups excluding carboxylic acids is 1. The Kier molecular flexibility index (Phi) is 2.78. The van der Waals surface area contributed by atoms with E-state index in [1.54, 1.807) is 23.7 Å². The number of esters is 1. The third-order valence-electron chi connectivity index (χ3n) is 2.32. The lowest BCUT2D eigenvalue weighted by Gasteiger charge is -1.99. The quantitative estimate of drug-likeness (QED) is 0.589. The summed E-state index contributed by atoms with van der Waals surface area (Å²) in [5, 5.41) is 0. The number of aryl methyl sites for hydroxylation is 1. The lowest BCUT2D eigenvalue weighted by Crippen LogP contribution is -2.05. The van der Waals surface area contributed by atoms with Crippen molar-refractivity contribution in [1.29, 1.82) is 0 Å². The minimum Gasteiger partial charge on any atom is -0.464 e. The van der Waals surface area contributed by atoms with Crippen LogP contribution in [0.2, 0.25) is 0 Å². The standard InChI is InChI=1S/C10H10ClN3O2/c1-14-8(5-11)12-6-3-4-7(10(15)16-2)13-9(6)14/h3-4H,5H2,1-2H3. The van der Waals surface area contributed by atoms with Gasteiger partial charge in [0.05, 0.1) is 13.0 Å². The maximum absolute atomic E-state index is 11.3. The molecule has 2 aromatic rings. The summed E-state index contributed by atoms with van der Waals surface area (Å²) in [6.07, 6.45) is 0. The van der Waals surface area contributed by atoms with Crippen molar-refractivity contribution in [2.24, 2.45) is 7.05 Å². The molecule has 0 saturated carbocycles. The third-order valence-corrected chi connectivity index (χ3v) is 2.56. The van der Waals surface area contributed by atoms with Crippen molar-refractivity contribution in [2.75, 3.05) is 7.11 Å². The van der Waals surface area contributed by atoms with Gasteiger partial charge in [-0.15, -0.1) is 11.6 Å². The van der Waals surface area contributed by atoms with Crippen molar-refractivity contribution < 1.29 is 9.53 Å². The molecule has 0 unspecified atom stereocenters. The van der Waals surface area contributed by atoms with E-state index in [4.69, 9.17) is 11.6 Å². The number of methoxy groups -OCH3 is 1. The summed E-state index contributed by atoms with van der Waals surface area (Å²) in [6.45, 7) is 0. The van der Waals surface area contributed by atoms with Gasteiger partial charge in [0.25, 0.3) is 0 Å². The predicted octanol–water partition coefficient (Wildman–Crippen LogP) is 1.49. The Morgan fingerprint density at radius 3 is 2.88 bits per heavy atom. The first kappa shape index (κ1) is 10.9. The van der Waals surface area contributed by atoms with Gasteiger partial charge in [-0.3, -0.25) is 0 Å². The Morgan fingerprint density at radius 2 is 2.25 bits per heavy atom. The average molecular weight is 240 g/mol. The summed E-state index contributed by atoms with van der Waals surface area (Å²) in [7, 11) is 3.13. The Bertz CT molecular complexity index is 550. The van der Waals surface area contributed by atoms with Crippen molar-refractivity contribution in [3.63, 3.8) is 0 Å². The molecule has 0 aliphatic carbocycles. The van der Waals surface area contributed by atoms with Crippen LogP contribution in [0.1, 0.15) is 16.3 Å². The molecule has 5 nitrogen and oxygen atoms in total. The molecule has 0 aliphatic heterocycles.